The fourth-order valence-electron chi connectivity index (χ4n) is 2.28. The molecule has 1 saturated heterocycles. The zero-order chi connectivity index (χ0) is 12.6. The van der Waals surface area contributed by atoms with Gasteiger partial charge in [0.25, 0.3) is 0 Å². The summed E-state index contributed by atoms with van der Waals surface area (Å²) in [5, 5.41) is 9.57. The van der Waals surface area contributed by atoms with Crippen molar-refractivity contribution in [3.63, 3.8) is 0 Å². The van der Waals surface area contributed by atoms with E-state index in [0.717, 1.165) is 24.2 Å². The Morgan fingerprint density at radius 3 is 2.76 bits per heavy atom. The van der Waals surface area contributed by atoms with Gasteiger partial charge in [-0.1, -0.05) is 0 Å². The van der Waals surface area contributed by atoms with E-state index in [1.807, 2.05) is 13.0 Å². The Morgan fingerprint density at radius 2 is 2.24 bits per heavy atom. The average molecular weight is 238 g/mol. The minimum absolute atomic E-state index is 0.210. The van der Waals surface area contributed by atoms with Crippen LogP contribution < -0.4 is 10.6 Å². The van der Waals surface area contributed by atoms with Crippen molar-refractivity contribution in [1.29, 1.82) is 0 Å². The van der Waals surface area contributed by atoms with Gasteiger partial charge in [0.15, 0.2) is 0 Å². The highest BCUT2D eigenvalue weighted by Crippen LogP contribution is 2.30. The van der Waals surface area contributed by atoms with Gasteiger partial charge in [-0.3, -0.25) is 0 Å². The van der Waals surface area contributed by atoms with Gasteiger partial charge in [0, 0.05) is 24.8 Å². The quantitative estimate of drug-likeness (QED) is 0.825. The summed E-state index contributed by atoms with van der Waals surface area (Å²) in [6, 6.07) is 3.13. The van der Waals surface area contributed by atoms with Crippen molar-refractivity contribution in [2.45, 2.75) is 32.4 Å². The molecule has 0 bridgehead atoms. The Labute approximate surface area is 101 Å². The summed E-state index contributed by atoms with van der Waals surface area (Å²) in [4.78, 5) is 2.08. The van der Waals surface area contributed by atoms with Gasteiger partial charge in [0.2, 0.25) is 0 Å². The van der Waals surface area contributed by atoms with Crippen LogP contribution in [0.1, 0.15) is 30.5 Å². The second-order valence-corrected chi connectivity index (χ2v) is 4.84. The van der Waals surface area contributed by atoms with Crippen LogP contribution in [0.2, 0.25) is 0 Å². The first-order valence-electron chi connectivity index (χ1n) is 5.97. The van der Waals surface area contributed by atoms with Crippen molar-refractivity contribution in [3.8, 4) is 0 Å². The number of benzene rings is 1. The van der Waals surface area contributed by atoms with Crippen LogP contribution in [0.5, 0.6) is 0 Å². The van der Waals surface area contributed by atoms with E-state index in [1.165, 1.54) is 6.07 Å². The Balaban J connectivity index is 2.40. The number of nitrogens with zero attached hydrogens (tertiary/aromatic N) is 1. The topological polar surface area (TPSA) is 49.5 Å². The Bertz CT molecular complexity index is 420. The molecule has 4 heteroatoms. The maximum Gasteiger partial charge on any atom is 0.126 e. The van der Waals surface area contributed by atoms with E-state index in [4.69, 9.17) is 5.73 Å². The lowest BCUT2D eigenvalue weighted by molar-refractivity contribution is 0.198. The summed E-state index contributed by atoms with van der Waals surface area (Å²) in [6.07, 6.45) is 0.468. The normalized spacial score (nSPS) is 21.9. The van der Waals surface area contributed by atoms with Crippen LogP contribution >= 0.6 is 0 Å². The highest BCUT2D eigenvalue weighted by molar-refractivity contribution is 5.57. The molecule has 3 nitrogen and oxygen atoms in total. The Kier molecular flexibility index (Phi) is 3.35. The smallest absolute Gasteiger partial charge is 0.126 e. The van der Waals surface area contributed by atoms with Gasteiger partial charge in [-0.2, -0.15) is 0 Å². The highest BCUT2D eigenvalue weighted by atomic mass is 19.1. The summed E-state index contributed by atoms with van der Waals surface area (Å²) >= 11 is 0. The minimum Gasteiger partial charge on any atom is -0.391 e. The SMILES string of the molecule is Cc1cc(N2CCC(O)C2)c([C@@H](C)N)cc1F. The fraction of sp³-hybridized carbons (Fsp3) is 0.538. The molecular formula is C13H19FN2O. The standard InChI is InChI=1S/C13H19FN2O/c1-8-5-13(16-4-3-10(17)7-16)11(9(2)15)6-12(8)14/h5-6,9-10,17H,3-4,7,15H2,1-2H3/t9-,10?/m1/s1. The van der Waals surface area contributed by atoms with Crippen LogP contribution in [0.15, 0.2) is 12.1 Å². The molecule has 0 aromatic heterocycles. The first kappa shape index (κ1) is 12.3. The maximum absolute atomic E-state index is 13.6. The van der Waals surface area contributed by atoms with E-state index < -0.39 is 0 Å². The van der Waals surface area contributed by atoms with Crippen molar-refractivity contribution in [2.75, 3.05) is 18.0 Å². The van der Waals surface area contributed by atoms with Crippen molar-refractivity contribution >= 4 is 5.69 Å². The molecule has 1 heterocycles. The molecule has 3 N–H and O–H groups in total. The van der Waals surface area contributed by atoms with E-state index in [9.17, 15) is 9.50 Å². The lowest BCUT2D eigenvalue weighted by Crippen LogP contribution is -2.24. The number of aryl methyl sites for hydroxylation is 1. The summed E-state index contributed by atoms with van der Waals surface area (Å²) in [6.45, 7) is 4.99. The fourth-order valence-corrected chi connectivity index (χ4v) is 2.28. The van der Waals surface area contributed by atoms with E-state index in [-0.39, 0.29) is 18.0 Å². The van der Waals surface area contributed by atoms with Crippen molar-refractivity contribution in [2.24, 2.45) is 5.73 Å². The van der Waals surface area contributed by atoms with Gasteiger partial charge in [-0.05, 0) is 43.5 Å². The van der Waals surface area contributed by atoms with Crippen LogP contribution in [0, 0.1) is 12.7 Å². The maximum atomic E-state index is 13.6. The molecule has 1 aromatic rings. The number of aliphatic hydroxyl groups is 1. The van der Waals surface area contributed by atoms with E-state index in [1.54, 1.807) is 6.92 Å². The molecule has 2 rings (SSSR count). The second-order valence-electron chi connectivity index (χ2n) is 4.84. The van der Waals surface area contributed by atoms with Gasteiger partial charge in [0.1, 0.15) is 5.82 Å². The molecular weight excluding hydrogens is 219 g/mol. The number of rotatable bonds is 2. The molecule has 0 radical (unpaired) electrons. The molecule has 1 aliphatic rings. The van der Waals surface area contributed by atoms with Gasteiger partial charge < -0.3 is 15.7 Å². The number of halogens is 1. The number of aliphatic hydroxyl groups excluding tert-OH is 1. The Morgan fingerprint density at radius 1 is 1.53 bits per heavy atom. The van der Waals surface area contributed by atoms with Crippen LogP contribution in [0.25, 0.3) is 0 Å². The molecule has 0 spiro atoms. The number of hydrogen-bond acceptors (Lipinski definition) is 3. The first-order chi connectivity index (χ1) is 7.99. The third kappa shape index (κ3) is 2.42. The number of anilines is 1. The van der Waals surface area contributed by atoms with Crippen LogP contribution in [0.4, 0.5) is 10.1 Å². The molecule has 1 aromatic carbocycles. The molecule has 0 amide bonds. The number of β-amino-alcohol motifs (C(OH)–C–C–N with tert-alkyl or cyclic N) is 1. The van der Waals surface area contributed by atoms with Gasteiger partial charge in [0.05, 0.1) is 6.10 Å². The summed E-state index contributed by atoms with van der Waals surface area (Å²) in [7, 11) is 0. The minimum atomic E-state index is -0.290. The molecule has 1 unspecified atom stereocenters. The van der Waals surface area contributed by atoms with Crippen LogP contribution in [-0.2, 0) is 0 Å². The van der Waals surface area contributed by atoms with Gasteiger partial charge in [-0.25, -0.2) is 4.39 Å². The van der Waals surface area contributed by atoms with Crippen LogP contribution in [-0.4, -0.2) is 24.3 Å². The Hall–Kier alpha value is -1.13. The van der Waals surface area contributed by atoms with E-state index in [2.05, 4.69) is 4.90 Å². The third-order valence-corrected chi connectivity index (χ3v) is 3.30. The molecule has 17 heavy (non-hydrogen) atoms. The van der Waals surface area contributed by atoms with Crippen molar-refractivity contribution < 1.29 is 9.50 Å². The van der Waals surface area contributed by atoms with Gasteiger partial charge in [-0.15, -0.1) is 0 Å². The van der Waals surface area contributed by atoms with Crippen molar-refractivity contribution in [3.05, 3.63) is 29.1 Å². The first-order valence-corrected chi connectivity index (χ1v) is 5.97. The highest BCUT2D eigenvalue weighted by Gasteiger charge is 2.24. The number of nitrogens with two attached hydrogens (primary N) is 1. The van der Waals surface area contributed by atoms with Crippen molar-refractivity contribution in [1.82, 2.24) is 0 Å². The molecule has 0 saturated carbocycles. The zero-order valence-electron chi connectivity index (χ0n) is 10.3. The molecule has 0 aliphatic carbocycles. The van der Waals surface area contributed by atoms with E-state index in [0.29, 0.717) is 12.1 Å². The molecule has 94 valence electrons. The molecule has 2 atom stereocenters. The lowest BCUT2D eigenvalue weighted by atomic mass is 10.0. The summed E-state index contributed by atoms with van der Waals surface area (Å²) in [5.41, 5.74) is 8.26. The predicted octanol–water partition coefficient (Wildman–Crippen LogP) is 1.72. The summed E-state index contributed by atoms with van der Waals surface area (Å²) < 4.78 is 13.6. The third-order valence-electron chi connectivity index (χ3n) is 3.30. The predicted molar refractivity (Wildman–Crippen MR) is 66.6 cm³/mol. The van der Waals surface area contributed by atoms with E-state index >= 15 is 0 Å². The molecule has 1 fully saturated rings. The lowest BCUT2D eigenvalue weighted by Gasteiger charge is -2.24. The van der Waals surface area contributed by atoms with Gasteiger partial charge >= 0.3 is 0 Å². The molecule has 1 aliphatic heterocycles. The second kappa shape index (κ2) is 4.63. The monoisotopic (exact) mass is 238 g/mol. The van der Waals surface area contributed by atoms with Crippen LogP contribution in [0.3, 0.4) is 0 Å². The average Bonchev–Trinajstić information content (AvgIpc) is 2.68. The summed E-state index contributed by atoms with van der Waals surface area (Å²) in [5.74, 6) is -0.221. The zero-order valence-corrected chi connectivity index (χ0v) is 10.3. The number of hydrogen-bond donors (Lipinski definition) is 2. The largest absolute Gasteiger partial charge is 0.391 e.